The van der Waals surface area contributed by atoms with E-state index in [-0.39, 0.29) is 6.04 Å². The zero-order valence-electron chi connectivity index (χ0n) is 12.7. The Morgan fingerprint density at radius 2 is 2.14 bits per heavy atom. The molecule has 22 heavy (non-hydrogen) atoms. The summed E-state index contributed by atoms with van der Waals surface area (Å²) in [6.45, 7) is 5.41. The second-order valence-electron chi connectivity index (χ2n) is 5.96. The second kappa shape index (κ2) is 5.21. The molecule has 1 saturated heterocycles. The van der Waals surface area contributed by atoms with Crippen LogP contribution in [0.2, 0.25) is 0 Å². The van der Waals surface area contributed by atoms with E-state index in [1.54, 1.807) is 6.33 Å². The molecule has 1 aliphatic carbocycles. The first-order valence-electron chi connectivity index (χ1n) is 7.88. The largest absolute Gasteiger partial charge is 0.351 e. The third kappa shape index (κ3) is 2.11. The van der Waals surface area contributed by atoms with E-state index >= 15 is 0 Å². The molecular formula is C15H19N7. The summed E-state index contributed by atoms with van der Waals surface area (Å²) >= 11 is 0. The van der Waals surface area contributed by atoms with Gasteiger partial charge >= 0.3 is 0 Å². The highest BCUT2D eigenvalue weighted by Gasteiger charge is 2.38. The summed E-state index contributed by atoms with van der Waals surface area (Å²) in [5.74, 6) is 0.855. The van der Waals surface area contributed by atoms with Crippen LogP contribution in [0.1, 0.15) is 19.8 Å². The normalized spacial score (nSPS) is 22.9. The number of nitrogens with zero attached hydrogens (tertiary/aromatic N) is 7. The molecule has 2 aromatic rings. The summed E-state index contributed by atoms with van der Waals surface area (Å²) in [6, 6.07) is 3.02. The number of aryl methyl sites for hydroxylation is 1. The lowest BCUT2D eigenvalue weighted by Crippen LogP contribution is -2.53. The van der Waals surface area contributed by atoms with E-state index in [9.17, 15) is 5.26 Å². The molecule has 0 aromatic carbocycles. The molecule has 114 valence electrons. The van der Waals surface area contributed by atoms with Crippen molar-refractivity contribution in [3.63, 3.8) is 0 Å². The van der Waals surface area contributed by atoms with Crippen molar-refractivity contribution in [3.05, 3.63) is 12.7 Å². The third-order valence-electron chi connectivity index (χ3n) is 4.61. The minimum atomic E-state index is -0.0560. The van der Waals surface area contributed by atoms with E-state index in [0.29, 0.717) is 12.6 Å². The first kappa shape index (κ1) is 13.5. The highest BCUT2D eigenvalue weighted by molar-refractivity contribution is 5.83. The van der Waals surface area contributed by atoms with E-state index < -0.39 is 0 Å². The molecule has 2 aliphatic rings. The lowest BCUT2D eigenvalue weighted by Gasteiger charge is -2.38. The van der Waals surface area contributed by atoms with Gasteiger partial charge in [-0.25, -0.2) is 15.0 Å². The maximum Gasteiger partial charge on any atom is 0.165 e. The van der Waals surface area contributed by atoms with Gasteiger partial charge in [0.25, 0.3) is 0 Å². The van der Waals surface area contributed by atoms with Crippen molar-refractivity contribution in [1.29, 1.82) is 5.26 Å². The van der Waals surface area contributed by atoms with Gasteiger partial charge in [0.1, 0.15) is 12.4 Å². The Bertz CT molecular complexity index is 727. The molecule has 0 radical (unpaired) electrons. The van der Waals surface area contributed by atoms with Gasteiger partial charge in [0.15, 0.2) is 17.0 Å². The summed E-state index contributed by atoms with van der Waals surface area (Å²) < 4.78 is 2.02. The SMILES string of the molecule is CCn1cnc2c(N3CCN(C4CC4)C(C#N)C3)ncnc21. The Balaban J connectivity index is 1.65. The van der Waals surface area contributed by atoms with Crippen LogP contribution in [0.5, 0.6) is 0 Å². The van der Waals surface area contributed by atoms with Gasteiger partial charge in [-0.15, -0.1) is 0 Å². The van der Waals surface area contributed by atoms with E-state index in [1.165, 1.54) is 12.8 Å². The fraction of sp³-hybridized carbons (Fsp3) is 0.600. The average Bonchev–Trinajstić information content (AvgIpc) is 3.32. The molecular weight excluding hydrogens is 278 g/mol. The third-order valence-corrected chi connectivity index (χ3v) is 4.61. The summed E-state index contributed by atoms with van der Waals surface area (Å²) in [5, 5.41) is 9.49. The average molecular weight is 297 g/mol. The van der Waals surface area contributed by atoms with Crippen LogP contribution in [0.4, 0.5) is 5.82 Å². The standard InChI is InChI=1S/C15H19N7/c1-2-20-10-19-13-14(20)17-9-18-15(13)21-5-6-22(11-3-4-11)12(7-16)8-21/h9-12H,2-6,8H2,1H3. The molecule has 1 saturated carbocycles. The zero-order valence-corrected chi connectivity index (χ0v) is 12.7. The summed E-state index contributed by atoms with van der Waals surface area (Å²) in [7, 11) is 0. The molecule has 2 aromatic heterocycles. The Hall–Kier alpha value is -2.20. The number of anilines is 1. The van der Waals surface area contributed by atoms with E-state index in [2.05, 4.69) is 37.7 Å². The van der Waals surface area contributed by atoms with Gasteiger partial charge in [0, 0.05) is 32.2 Å². The van der Waals surface area contributed by atoms with Crippen molar-refractivity contribution in [2.45, 2.75) is 38.4 Å². The van der Waals surface area contributed by atoms with Crippen molar-refractivity contribution in [2.75, 3.05) is 24.5 Å². The van der Waals surface area contributed by atoms with Crippen LogP contribution >= 0.6 is 0 Å². The van der Waals surface area contributed by atoms with Gasteiger partial charge in [-0.2, -0.15) is 5.26 Å². The van der Waals surface area contributed by atoms with Crippen molar-refractivity contribution in [3.8, 4) is 6.07 Å². The number of piperazine rings is 1. The number of hydrogen-bond donors (Lipinski definition) is 0. The number of rotatable bonds is 3. The van der Waals surface area contributed by atoms with Crippen LogP contribution in [0.15, 0.2) is 12.7 Å². The summed E-state index contributed by atoms with van der Waals surface area (Å²) in [4.78, 5) is 17.8. The molecule has 7 nitrogen and oxygen atoms in total. The molecule has 0 N–H and O–H groups in total. The lowest BCUT2D eigenvalue weighted by molar-refractivity contribution is 0.203. The van der Waals surface area contributed by atoms with Crippen molar-refractivity contribution in [1.82, 2.24) is 24.4 Å². The lowest BCUT2D eigenvalue weighted by atomic mass is 10.1. The van der Waals surface area contributed by atoms with Crippen molar-refractivity contribution in [2.24, 2.45) is 0 Å². The molecule has 0 spiro atoms. The number of hydrogen-bond acceptors (Lipinski definition) is 6. The number of aromatic nitrogens is 4. The van der Waals surface area contributed by atoms with Crippen LogP contribution in [-0.4, -0.2) is 56.1 Å². The molecule has 1 atom stereocenters. The van der Waals surface area contributed by atoms with Gasteiger partial charge in [0.2, 0.25) is 0 Å². The first-order valence-corrected chi connectivity index (χ1v) is 7.88. The summed E-state index contributed by atoms with van der Waals surface area (Å²) in [5.41, 5.74) is 1.70. The van der Waals surface area contributed by atoms with Crippen LogP contribution in [0, 0.1) is 11.3 Å². The van der Waals surface area contributed by atoms with Gasteiger partial charge in [-0.1, -0.05) is 0 Å². The fourth-order valence-corrected chi connectivity index (χ4v) is 3.28. The smallest absolute Gasteiger partial charge is 0.165 e. The molecule has 1 unspecified atom stereocenters. The Morgan fingerprint density at radius 1 is 1.27 bits per heavy atom. The van der Waals surface area contributed by atoms with Crippen molar-refractivity contribution >= 4 is 17.0 Å². The quantitative estimate of drug-likeness (QED) is 0.842. The Kier molecular flexibility index (Phi) is 3.19. The van der Waals surface area contributed by atoms with Gasteiger partial charge < -0.3 is 9.47 Å². The predicted octanol–water partition coefficient (Wildman–Crippen LogP) is 1.02. The van der Waals surface area contributed by atoms with Gasteiger partial charge in [-0.3, -0.25) is 4.90 Å². The minimum Gasteiger partial charge on any atom is -0.351 e. The molecule has 4 rings (SSSR count). The fourth-order valence-electron chi connectivity index (χ4n) is 3.28. The molecule has 7 heteroatoms. The number of nitriles is 1. The first-order chi connectivity index (χ1) is 10.8. The molecule has 1 aliphatic heterocycles. The molecule has 0 amide bonds. The maximum atomic E-state index is 9.49. The van der Waals surface area contributed by atoms with Gasteiger partial charge in [0.05, 0.1) is 12.4 Å². The minimum absolute atomic E-state index is 0.0560. The van der Waals surface area contributed by atoms with Gasteiger partial charge in [-0.05, 0) is 19.8 Å². The van der Waals surface area contributed by atoms with Crippen LogP contribution in [0.25, 0.3) is 11.2 Å². The second-order valence-corrected chi connectivity index (χ2v) is 5.96. The highest BCUT2D eigenvalue weighted by atomic mass is 15.3. The number of fused-ring (bicyclic) bond motifs is 1. The predicted molar refractivity (Wildman–Crippen MR) is 82.3 cm³/mol. The molecule has 0 bridgehead atoms. The Morgan fingerprint density at radius 3 is 2.86 bits per heavy atom. The highest BCUT2D eigenvalue weighted by Crippen LogP contribution is 2.31. The maximum absolute atomic E-state index is 9.49. The molecule has 3 heterocycles. The topological polar surface area (TPSA) is 73.9 Å². The Labute approximate surface area is 129 Å². The number of imidazole rings is 1. The zero-order chi connectivity index (χ0) is 15.1. The summed E-state index contributed by atoms with van der Waals surface area (Å²) in [6.07, 6.45) is 5.87. The van der Waals surface area contributed by atoms with E-state index in [4.69, 9.17) is 0 Å². The van der Waals surface area contributed by atoms with Crippen LogP contribution in [0.3, 0.4) is 0 Å². The van der Waals surface area contributed by atoms with E-state index in [1.807, 2.05) is 10.9 Å². The monoisotopic (exact) mass is 297 g/mol. The van der Waals surface area contributed by atoms with Crippen LogP contribution in [-0.2, 0) is 6.54 Å². The van der Waals surface area contributed by atoms with Crippen LogP contribution < -0.4 is 4.90 Å². The molecule has 2 fully saturated rings. The van der Waals surface area contributed by atoms with E-state index in [0.717, 1.165) is 36.6 Å². The van der Waals surface area contributed by atoms with Crippen molar-refractivity contribution < 1.29 is 0 Å².